The summed E-state index contributed by atoms with van der Waals surface area (Å²) in [4.78, 5) is 17.0. The summed E-state index contributed by atoms with van der Waals surface area (Å²) in [6, 6.07) is 16.7. The number of halogens is 1. The van der Waals surface area contributed by atoms with Crippen molar-refractivity contribution in [3.05, 3.63) is 71.5 Å². The van der Waals surface area contributed by atoms with Crippen molar-refractivity contribution in [1.82, 2.24) is 9.80 Å². The molecule has 4 heteroatoms. The van der Waals surface area contributed by atoms with Crippen LogP contribution in [0.4, 0.5) is 4.39 Å². The highest BCUT2D eigenvalue weighted by molar-refractivity contribution is 5.77. The van der Waals surface area contributed by atoms with E-state index in [4.69, 9.17) is 0 Å². The van der Waals surface area contributed by atoms with Gasteiger partial charge >= 0.3 is 0 Å². The molecule has 0 aromatic heterocycles. The van der Waals surface area contributed by atoms with E-state index in [1.165, 1.54) is 17.7 Å². The molecule has 2 aromatic carbocycles. The number of rotatable bonds is 4. The number of piperazine rings is 1. The summed E-state index contributed by atoms with van der Waals surface area (Å²) in [6.45, 7) is 2.50. The molecule has 1 aliphatic rings. The number of carbonyl (C=O) groups is 1. The van der Waals surface area contributed by atoms with E-state index in [2.05, 4.69) is 24.1 Å². The SMILES string of the molecule is CN1CCN(C(=O)CCc2ccc(F)cc2)C(c2ccccc2)C1. The van der Waals surface area contributed by atoms with Crippen LogP contribution in [-0.4, -0.2) is 42.4 Å². The van der Waals surface area contributed by atoms with Crippen LogP contribution in [-0.2, 0) is 11.2 Å². The van der Waals surface area contributed by atoms with E-state index in [1.54, 1.807) is 12.1 Å². The second-order valence-corrected chi connectivity index (χ2v) is 6.40. The van der Waals surface area contributed by atoms with Gasteiger partial charge in [-0.05, 0) is 36.7 Å². The molecule has 3 nitrogen and oxygen atoms in total. The third-order valence-electron chi connectivity index (χ3n) is 4.63. The lowest BCUT2D eigenvalue weighted by atomic mass is 10.0. The summed E-state index contributed by atoms with van der Waals surface area (Å²) in [5.41, 5.74) is 2.18. The van der Waals surface area contributed by atoms with Crippen molar-refractivity contribution in [2.24, 2.45) is 0 Å². The Morgan fingerprint density at radius 1 is 1.08 bits per heavy atom. The monoisotopic (exact) mass is 326 g/mol. The molecule has 1 heterocycles. The van der Waals surface area contributed by atoms with Crippen molar-refractivity contribution in [2.45, 2.75) is 18.9 Å². The molecule has 1 atom stereocenters. The molecule has 0 saturated carbocycles. The van der Waals surface area contributed by atoms with Gasteiger partial charge in [0.2, 0.25) is 5.91 Å². The first-order valence-corrected chi connectivity index (χ1v) is 8.41. The summed E-state index contributed by atoms with van der Waals surface area (Å²) in [7, 11) is 2.09. The first-order chi connectivity index (χ1) is 11.6. The van der Waals surface area contributed by atoms with Crippen molar-refractivity contribution in [3.63, 3.8) is 0 Å². The molecular formula is C20H23FN2O. The lowest BCUT2D eigenvalue weighted by molar-refractivity contribution is -0.136. The fourth-order valence-electron chi connectivity index (χ4n) is 3.22. The van der Waals surface area contributed by atoms with Crippen LogP contribution < -0.4 is 0 Å². The molecule has 1 aliphatic heterocycles. The number of aryl methyl sites for hydroxylation is 1. The van der Waals surface area contributed by atoms with Crippen molar-refractivity contribution in [2.75, 3.05) is 26.7 Å². The van der Waals surface area contributed by atoms with Gasteiger partial charge in [0.05, 0.1) is 6.04 Å². The Bertz CT molecular complexity index is 672. The fraction of sp³-hybridized carbons (Fsp3) is 0.350. The van der Waals surface area contributed by atoms with E-state index >= 15 is 0 Å². The van der Waals surface area contributed by atoms with Gasteiger partial charge in [0.1, 0.15) is 5.82 Å². The summed E-state index contributed by atoms with van der Waals surface area (Å²) in [5, 5.41) is 0. The van der Waals surface area contributed by atoms with Crippen LogP contribution in [0.25, 0.3) is 0 Å². The average molecular weight is 326 g/mol. The topological polar surface area (TPSA) is 23.6 Å². The number of amides is 1. The van der Waals surface area contributed by atoms with Gasteiger partial charge in [-0.2, -0.15) is 0 Å². The molecule has 126 valence electrons. The van der Waals surface area contributed by atoms with E-state index in [-0.39, 0.29) is 17.8 Å². The Morgan fingerprint density at radius 3 is 2.50 bits per heavy atom. The van der Waals surface area contributed by atoms with Gasteiger partial charge in [0, 0.05) is 26.1 Å². The second kappa shape index (κ2) is 7.58. The van der Waals surface area contributed by atoms with Gasteiger partial charge in [0.25, 0.3) is 0 Å². The summed E-state index contributed by atoms with van der Waals surface area (Å²) >= 11 is 0. The Labute approximate surface area is 142 Å². The predicted octanol–water partition coefficient (Wildman–Crippen LogP) is 3.27. The average Bonchev–Trinajstić information content (AvgIpc) is 2.61. The fourth-order valence-corrected chi connectivity index (χ4v) is 3.22. The van der Waals surface area contributed by atoms with Gasteiger partial charge in [-0.3, -0.25) is 4.79 Å². The second-order valence-electron chi connectivity index (χ2n) is 6.40. The van der Waals surface area contributed by atoms with Gasteiger partial charge < -0.3 is 9.80 Å². The van der Waals surface area contributed by atoms with Gasteiger partial charge in [-0.25, -0.2) is 4.39 Å². The van der Waals surface area contributed by atoms with Crippen LogP contribution in [0.5, 0.6) is 0 Å². The standard InChI is InChI=1S/C20H23FN2O/c1-22-13-14-23(19(15-22)17-5-3-2-4-6-17)20(24)12-9-16-7-10-18(21)11-8-16/h2-8,10-11,19H,9,12-15H2,1H3. The third-order valence-corrected chi connectivity index (χ3v) is 4.63. The summed E-state index contributed by atoms with van der Waals surface area (Å²) in [6.07, 6.45) is 1.10. The Kier molecular flexibility index (Phi) is 5.26. The van der Waals surface area contributed by atoms with E-state index in [1.807, 2.05) is 23.1 Å². The van der Waals surface area contributed by atoms with E-state index < -0.39 is 0 Å². The molecule has 0 radical (unpaired) electrons. The molecule has 1 fully saturated rings. The van der Waals surface area contributed by atoms with Crippen molar-refractivity contribution in [3.8, 4) is 0 Å². The third kappa shape index (κ3) is 4.01. The molecule has 2 aromatic rings. The smallest absolute Gasteiger partial charge is 0.223 e. The summed E-state index contributed by atoms with van der Waals surface area (Å²) < 4.78 is 13.0. The first-order valence-electron chi connectivity index (χ1n) is 8.41. The molecule has 1 saturated heterocycles. The van der Waals surface area contributed by atoms with Crippen LogP contribution in [0.15, 0.2) is 54.6 Å². The highest BCUT2D eigenvalue weighted by Gasteiger charge is 2.29. The molecule has 0 aliphatic carbocycles. The number of hydrogen-bond donors (Lipinski definition) is 0. The Hall–Kier alpha value is -2.20. The Morgan fingerprint density at radius 2 is 1.79 bits per heavy atom. The number of likely N-dealkylation sites (N-methyl/N-ethyl adjacent to an activating group) is 1. The maximum Gasteiger partial charge on any atom is 0.223 e. The molecule has 0 spiro atoms. The maximum atomic E-state index is 13.0. The van der Waals surface area contributed by atoms with Crippen molar-refractivity contribution >= 4 is 5.91 Å². The maximum absolute atomic E-state index is 13.0. The highest BCUT2D eigenvalue weighted by Crippen LogP contribution is 2.25. The number of hydrogen-bond acceptors (Lipinski definition) is 2. The largest absolute Gasteiger partial charge is 0.333 e. The highest BCUT2D eigenvalue weighted by atomic mass is 19.1. The van der Waals surface area contributed by atoms with Crippen LogP contribution in [0.2, 0.25) is 0 Å². The number of nitrogens with zero attached hydrogens (tertiary/aromatic N) is 2. The minimum Gasteiger partial charge on any atom is -0.333 e. The number of carbonyl (C=O) groups excluding carboxylic acids is 1. The summed E-state index contributed by atoms with van der Waals surface area (Å²) in [5.74, 6) is -0.0745. The molecule has 0 N–H and O–H groups in total. The quantitative estimate of drug-likeness (QED) is 0.861. The Balaban J connectivity index is 1.68. The van der Waals surface area contributed by atoms with Crippen LogP contribution in [0.1, 0.15) is 23.6 Å². The van der Waals surface area contributed by atoms with E-state index in [9.17, 15) is 9.18 Å². The van der Waals surface area contributed by atoms with Crippen molar-refractivity contribution in [1.29, 1.82) is 0 Å². The number of benzene rings is 2. The van der Waals surface area contributed by atoms with E-state index in [0.717, 1.165) is 25.2 Å². The molecule has 24 heavy (non-hydrogen) atoms. The van der Waals surface area contributed by atoms with Crippen LogP contribution >= 0.6 is 0 Å². The lowest BCUT2D eigenvalue weighted by Gasteiger charge is -2.40. The molecular weight excluding hydrogens is 303 g/mol. The lowest BCUT2D eigenvalue weighted by Crippen LogP contribution is -2.49. The zero-order valence-electron chi connectivity index (χ0n) is 14.0. The normalized spacial score (nSPS) is 18.6. The van der Waals surface area contributed by atoms with E-state index in [0.29, 0.717) is 12.8 Å². The van der Waals surface area contributed by atoms with Crippen LogP contribution in [0.3, 0.4) is 0 Å². The minimum atomic E-state index is -0.242. The zero-order valence-corrected chi connectivity index (χ0v) is 14.0. The molecule has 3 rings (SSSR count). The molecule has 0 bridgehead atoms. The van der Waals surface area contributed by atoms with Gasteiger partial charge in [-0.1, -0.05) is 42.5 Å². The van der Waals surface area contributed by atoms with Crippen LogP contribution in [0, 0.1) is 5.82 Å². The zero-order chi connectivity index (χ0) is 16.9. The minimum absolute atomic E-state index is 0.102. The van der Waals surface area contributed by atoms with Gasteiger partial charge in [-0.15, -0.1) is 0 Å². The predicted molar refractivity (Wildman–Crippen MR) is 93.1 cm³/mol. The molecule has 1 unspecified atom stereocenters. The van der Waals surface area contributed by atoms with Gasteiger partial charge in [0.15, 0.2) is 0 Å². The van der Waals surface area contributed by atoms with Crippen molar-refractivity contribution < 1.29 is 9.18 Å². The molecule has 1 amide bonds. The first kappa shape index (κ1) is 16.7.